The van der Waals surface area contributed by atoms with Crippen molar-refractivity contribution in [2.45, 2.75) is 87.4 Å². The Morgan fingerprint density at radius 3 is 1.69 bits per heavy atom. The van der Waals surface area contributed by atoms with Crippen LogP contribution in [0.15, 0.2) is 60.7 Å². The third-order valence-corrected chi connectivity index (χ3v) is 3.90. The van der Waals surface area contributed by atoms with E-state index in [1.807, 2.05) is 37.3 Å². The first-order valence-electron chi connectivity index (χ1n) is 10.5. The first kappa shape index (κ1) is 36.8. The fourth-order valence-electron chi connectivity index (χ4n) is 2.39. The van der Waals surface area contributed by atoms with Crippen molar-refractivity contribution in [2.75, 3.05) is 0 Å². The molecule has 5 heteroatoms. The molecule has 5 nitrogen and oxygen atoms in total. The standard InChI is InChI=1S/C12H19N.C7H9N.C5H10O.CH2O2.2CH4/c1-3-7-11(2)13-10-12-8-5-4-6-9-12;8-6-7-4-2-1-3-5-7;1-3-4-5(2)6;2-1-3;;/h4-6,8-9,11,13H,3,7,10H2,1-2H3;1-5H,6,8H2;3-4H2,1-2H3;1H,(H,2,3);2*1H4. The molecule has 0 saturated carbocycles. The smallest absolute Gasteiger partial charge is 0.290 e. The van der Waals surface area contributed by atoms with Crippen LogP contribution in [-0.2, 0) is 22.7 Å². The molecule has 2 aromatic rings. The van der Waals surface area contributed by atoms with Crippen molar-refractivity contribution in [1.82, 2.24) is 5.32 Å². The van der Waals surface area contributed by atoms with Crippen molar-refractivity contribution in [3.63, 3.8) is 0 Å². The second-order valence-electron chi connectivity index (χ2n) is 6.80. The molecular weight excluding hydrogens is 400 g/mol. The van der Waals surface area contributed by atoms with Crippen LogP contribution in [0.4, 0.5) is 0 Å². The number of rotatable bonds is 8. The lowest BCUT2D eigenvalue weighted by Crippen LogP contribution is -2.24. The fourth-order valence-corrected chi connectivity index (χ4v) is 2.39. The summed E-state index contributed by atoms with van der Waals surface area (Å²) >= 11 is 0. The zero-order valence-electron chi connectivity index (χ0n) is 19.0. The van der Waals surface area contributed by atoms with Crippen molar-refractivity contribution in [3.05, 3.63) is 71.8 Å². The Hall–Kier alpha value is -2.50. The fraction of sp³-hybridized carbons (Fsp3) is 0.481. The van der Waals surface area contributed by atoms with Crippen molar-refractivity contribution in [3.8, 4) is 0 Å². The minimum absolute atomic E-state index is 0. The van der Waals surface area contributed by atoms with E-state index in [0.717, 1.165) is 19.4 Å². The van der Waals surface area contributed by atoms with Gasteiger partial charge in [0.1, 0.15) is 5.78 Å². The molecule has 0 amide bonds. The highest BCUT2D eigenvalue weighted by molar-refractivity contribution is 5.75. The van der Waals surface area contributed by atoms with Crippen LogP contribution >= 0.6 is 0 Å². The molecule has 0 aliphatic rings. The molecule has 0 heterocycles. The van der Waals surface area contributed by atoms with Crippen molar-refractivity contribution >= 4 is 12.3 Å². The summed E-state index contributed by atoms with van der Waals surface area (Å²) in [6, 6.07) is 21.2. The van der Waals surface area contributed by atoms with Gasteiger partial charge in [-0.1, -0.05) is 95.8 Å². The van der Waals surface area contributed by atoms with E-state index in [2.05, 4.69) is 49.5 Å². The quantitative estimate of drug-likeness (QED) is 0.403. The molecule has 4 N–H and O–H groups in total. The molecule has 0 aliphatic carbocycles. The molecule has 1 unspecified atom stereocenters. The monoisotopic (exact) mass is 448 g/mol. The van der Waals surface area contributed by atoms with E-state index in [4.69, 9.17) is 15.6 Å². The predicted molar refractivity (Wildman–Crippen MR) is 140 cm³/mol. The van der Waals surface area contributed by atoms with Crippen LogP contribution in [0.25, 0.3) is 0 Å². The number of ketones is 1. The predicted octanol–water partition coefficient (Wildman–Crippen LogP) is 6.46. The average molecular weight is 449 g/mol. The topological polar surface area (TPSA) is 92.4 Å². The summed E-state index contributed by atoms with van der Waals surface area (Å²) in [4.78, 5) is 18.4. The van der Waals surface area contributed by atoms with Crippen molar-refractivity contribution in [1.29, 1.82) is 0 Å². The van der Waals surface area contributed by atoms with Gasteiger partial charge in [-0.2, -0.15) is 0 Å². The second kappa shape index (κ2) is 28.5. The molecule has 32 heavy (non-hydrogen) atoms. The number of carbonyl (C=O) groups is 2. The summed E-state index contributed by atoms with van der Waals surface area (Å²) in [5.74, 6) is 0.289. The molecule has 2 aromatic carbocycles. The lowest BCUT2D eigenvalue weighted by molar-refractivity contribution is -0.123. The normalized spacial score (nSPS) is 9.41. The minimum Gasteiger partial charge on any atom is -0.483 e. The zero-order chi connectivity index (χ0) is 23.0. The Bertz CT molecular complexity index is 619. The summed E-state index contributed by atoms with van der Waals surface area (Å²) in [7, 11) is 0. The van der Waals surface area contributed by atoms with Crippen LogP contribution in [0.1, 0.15) is 79.4 Å². The van der Waals surface area contributed by atoms with Crippen LogP contribution < -0.4 is 11.1 Å². The highest BCUT2D eigenvalue weighted by atomic mass is 16.3. The number of nitrogens with one attached hydrogen (secondary N) is 1. The molecule has 184 valence electrons. The van der Waals surface area contributed by atoms with Crippen LogP contribution in [-0.4, -0.2) is 23.4 Å². The second-order valence-corrected chi connectivity index (χ2v) is 6.80. The van der Waals surface area contributed by atoms with E-state index >= 15 is 0 Å². The first-order chi connectivity index (χ1) is 14.4. The molecular formula is C27H48N2O3. The molecule has 0 aromatic heterocycles. The summed E-state index contributed by atoms with van der Waals surface area (Å²) < 4.78 is 0. The number of carbonyl (C=O) groups excluding carboxylic acids is 1. The molecule has 0 spiro atoms. The van der Waals surface area contributed by atoms with E-state index in [9.17, 15) is 4.79 Å². The van der Waals surface area contributed by atoms with Gasteiger partial charge >= 0.3 is 0 Å². The largest absolute Gasteiger partial charge is 0.483 e. The average Bonchev–Trinajstić information content (AvgIpc) is 2.75. The molecule has 1 atom stereocenters. The Morgan fingerprint density at radius 2 is 1.41 bits per heavy atom. The van der Waals surface area contributed by atoms with Crippen LogP contribution in [0.2, 0.25) is 0 Å². The Kier molecular flexibility index (Phi) is 32.8. The van der Waals surface area contributed by atoms with E-state index in [1.165, 1.54) is 24.0 Å². The van der Waals surface area contributed by atoms with E-state index in [1.54, 1.807) is 6.92 Å². The number of nitrogens with two attached hydrogens (primary N) is 1. The lowest BCUT2D eigenvalue weighted by Gasteiger charge is -2.12. The maximum Gasteiger partial charge on any atom is 0.290 e. The Labute approximate surface area is 197 Å². The Morgan fingerprint density at radius 1 is 0.969 bits per heavy atom. The third-order valence-electron chi connectivity index (χ3n) is 3.90. The van der Waals surface area contributed by atoms with Gasteiger partial charge in [-0.15, -0.1) is 0 Å². The van der Waals surface area contributed by atoms with Gasteiger partial charge in [-0.3, -0.25) is 4.79 Å². The molecule has 2 rings (SSSR count). The minimum atomic E-state index is -0.250. The number of carboxylic acid groups (broad SMARTS) is 1. The maximum atomic E-state index is 10.0. The number of benzene rings is 2. The highest BCUT2D eigenvalue weighted by Gasteiger charge is 1.98. The van der Waals surface area contributed by atoms with Gasteiger partial charge in [0.25, 0.3) is 6.47 Å². The van der Waals surface area contributed by atoms with Gasteiger partial charge in [-0.25, -0.2) is 0 Å². The van der Waals surface area contributed by atoms with E-state index in [0.29, 0.717) is 12.6 Å². The highest BCUT2D eigenvalue weighted by Crippen LogP contribution is 2.00. The van der Waals surface area contributed by atoms with E-state index in [-0.39, 0.29) is 27.1 Å². The van der Waals surface area contributed by atoms with Crippen molar-refractivity contribution in [2.24, 2.45) is 5.73 Å². The summed E-state index contributed by atoms with van der Waals surface area (Å²) in [6.45, 7) is 9.46. The van der Waals surface area contributed by atoms with Crippen molar-refractivity contribution < 1.29 is 14.7 Å². The van der Waals surface area contributed by atoms with E-state index < -0.39 is 0 Å². The van der Waals surface area contributed by atoms with Gasteiger partial charge < -0.3 is 21.0 Å². The van der Waals surface area contributed by atoms with Gasteiger partial charge in [0, 0.05) is 25.6 Å². The third kappa shape index (κ3) is 27.5. The molecule has 0 bridgehead atoms. The molecule has 0 fully saturated rings. The van der Waals surface area contributed by atoms with Crippen LogP contribution in [0.5, 0.6) is 0 Å². The summed E-state index contributed by atoms with van der Waals surface area (Å²) in [5.41, 5.74) is 7.90. The van der Waals surface area contributed by atoms with Gasteiger partial charge in [0.05, 0.1) is 0 Å². The van der Waals surface area contributed by atoms with Gasteiger partial charge in [-0.05, 0) is 37.8 Å². The number of hydrogen-bond donors (Lipinski definition) is 3. The molecule has 0 aliphatic heterocycles. The Balaban J connectivity index is -0.000000179. The summed E-state index contributed by atoms with van der Waals surface area (Å²) in [5, 5.41) is 10.4. The van der Waals surface area contributed by atoms with Gasteiger partial charge in [0.2, 0.25) is 0 Å². The van der Waals surface area contributed by atoms with Crippen LogP contribution in [0.3, 0.4) is 0 Å². The molecule has 0 saturated heterocycles. The van der Waals surface area contributed by atoms with Gasteiger partial charge in [0.15, 0.2) is 0 Å². The zero-order valence-corrected chi connectivity index (χ0v) is 19.0. The lowest BCUT2D eigenvalue weighted by atomic mass is 10.1. The molecule has 0 radical (unpaired) electrons. The SMILES string of the molecule is C.C.CCCC(C)=O.CCCC(C)NCc1ccccc1.NCc1ccccc1.O=CO. The summed E-state index contributed by atoms with van der Waals surface area (Å²) in [6.07, 6.45) is 4.23. The first-order valence-corrected chi connectivity index (χ1v) is 10.5. The number of hydrogen-bond acceptors (Lipinski definition) is 4. The van der Waals surface area contributed by atoms with Crippen LogP contribution in [0, 0.1) is 0 Å². The number of Topliss-reactive ketones (excluding diaryl/α,β-unsaturated/α-hetero) is 1. The maximum absolute atomic E-state index is 10.0.